The molecule has 0 unspecified atom stereocenters. The maximum atomic E-state index is 12.3. The Hall–Kier alpha value is -5.47. The molecule has 1 heterocycles. The van der Waals surface area contributed by atoms with E-state index in [2.05, 4.69) is 33.4 Å². The predicted octanol–water partition coefficient (Wildman–Crippen LogP) is 6.00. The number of anilines is 4. The van der Waals surface area contributed by atoms with Gasteiger partial charge in [-0.2, -0.15) is 10.5 Å². The Balaban J connectivity index is 1.80. The summed E-state index contributed by atoms with van der Waals surface area (Å²) < 4.78 is 2.13. The normalized spacial score (nSPS) is 10.6. The molecular weight excluding hydrogens is 498 g/mol. The van der Waals surface area contributed by atoms with E-state index in [1.807, 2.05) is 89.8 Å². The summed E-state index contributed by atoms with van der Waals surface area (Å²) in [6, 6.07) is 34.3. The monoisotopic (exact) mass is 526 g/mol. The van der Waals surface area contributed by atoms with E-state index in [9.17, 15) is 15.3 Å². The average Bonchev–Trinajstić information content (AvgIpc) is 2.97. The van der Waals surface area contributed by atoms with Gasteiger partial charge in [0, 0.05) is 61.3 Å². The van der Waals surface area contributed by atoms with Crippen LogP contribution in [0.15, 0.2) is 91.0 Å². The van der Waals surface area contributed by atoms with Crippen LogP contribution in [-0.4, -0.2) is 24.0 Å². The summed E-state index contributed by atoms with van der Waals surface area (Å²) in [5.41, 5.74) is 7.25. The van der Waals surface area contributed by atoms with Crippen molar-refractivity contribution in [1.29, 1.82) is 10.5 Å². The Kier molecular flexibility index (Phi) is 7.80. The molecule has 5 rings (SSSR count). The molecule has 0 spiro atoms. The SMILES string of the molecule is CC(=O)Nc1cc(N(CCC#N)CCC#N)cc2c1nc1ccc(Nc3ccccc3)cc1[n+]2-c1ccccc1. The summed E-state index contributed by atoms with van der Waals surface area (Å²) >= 11 is 0. The van der Waals surface area contributed by atoms with Crippen LogP contribution in [0.25, 0.3) is 27.8 Å². The molecule has 0 aliphatic rings. The number of benzene rings is 4. The van der Waals surface area contributed by atoms with E-state index in [1.54, 1.807) is 0 Å². The number of amides is 1. The van der Waals surface area contributed by atoms with E-state index in [0.29, 0.717) is 37.1 Å². The smallest absolute Gasteiger partial charge is 0.241 e. The third-order valence-electron chi connectivity index (χ3n) is 6.50. The predicted molar refractivity (Wildman–Crippen MR) is 157 cm³/mol. The second-order valence-electron chi connectivity index (χ2n) is 9.32. The number of fused-ring (bicyclic) bond motifs is 2. The van der Waals surface area contributed by atoms with E-state index in [-0.39, 0.29) is 5.91 Å². The van der Waals surface area contributed by atoms with Crippen LogP contribution in [0.4, 0.5) is 22.7 Å². The van der Waals surface area contributed by atoms with Gasteiger partial charge in [-0.15, -0.1) is 4.57 Å². The number of nitriles is 2. The molecule has 40 heavy (non-hydrogen) atoms. The van der Waals surface area contributed by atoms with Gasteiger partial charge in [0.15, 0.2) is 5.52 Å². The highest BCUT2D eigenvalue weighted by molar-refractivity contribution is 6.01. The van der Waals surface area contributed by atoms with Gasteiger partial charge in [-0.1, -0.05) is 36.4 Å². The molecule has 196 valence electrons. The molecule has 1 aromatic heterocycles. The third kappa shape index (κ3) is 5.67. The Morgan fingerprint density at radius 2 is 1.52 bits per heavy atom. The summed E-state index contributed by atoms with van der Waals surface area (Å²) in [5, 5.41) is 24.9. The van der Waals surface area contributed by atoms with Crippen molar-refractivity contribution in [2.24, 2.45) is 0 Å². The van der Waals surface area contributed by atoms with E-state index in [0.717, 1.165) is 39.3 Å². The second kappa shape index (κ2) is 11.9. The number of rotatable bonds is 9. The fraction of sp³-hybridized carbons (Fsp3) is 0.156. The van der Waals surface area contributed by atoms with E-state index in [4.69, 9.17) is 4.98 Å². The maximum absolute atomic E-state index is 12.3. The fourth-order valence-electron chi connectivity index (χ4n) is 4.77. The molecule has 0 saturated carbocycles. The standard InChI is InChI=1S/C32H27N7O/c1-23(40)35-29-21-27(38(18-8-16-33)19-9-17-34)22-31-32(29)37-28-15-14-25(36-24-10-4-2-5-11-24)20-30(28)39(31)26-12-6-3-7-13-26/h2-7,10-15,20-22H,8-9,18-19H2,1H3,(H,35,36,40)/p+1. The van der Waals surface area contributed by atoms with Crippen LogP contribution < -0.4 is 20.1 Å². The zero-order valence-corrected chi connectivity index (χ0v) is 22.1. The van der Waals surface area contributed by atoms with Gasteiger partial charge >= 0.3 is 0 Å². The zero-order valence-electron chi connectivity index (χ0n) is 22.1. The van der Waals surface area contributed by atoms with Gasteiger partial charge in [0.1, 0.15) is 5.52 Å². The molecule has 5 aromatic rings. The minimum Gasteiger partial charge on any atom is -0.369 e. The zero-order chi connectivity index (χ0) is 27.9. The Bertz CT molecular complexity index is 1740. The van der Waals surface area contributed by atoms with Crippen LogP contribution in [0.2, 0.25) is 0 Å². The number of para-hydroxylation sites is 2. The number of aromatic nitrogens is 2. The molecule has 0 saturated heterocycles. The van der Waals surface area contributed by atoms with Crippen LogP contribution >= 0.6 is 0 Å². The Morgan fingerprint density at radius 1 is 0.850 bits per heavy atom. The molecular formula is C32H28N7O+. The summed E-state index contributed by atoms with van der Waals surface area (Å²) in [6.45, 7) is 2.39. The largest absolute Gasteiger partial charge is 0.369 e. The van der Waals surface area contributed by atoms with E-state index < -0.39 is 0 Å². The van der Waals surface area contributed by atoms with Gasteiger partial charge in [0.2, 0.25) is 22.6 Å². The molecule has 0 aliphatic heterocycles. The van der Waals surface area contributed by atoms with Crippen molar-refractivity contribution in [3.05, 3.63) is 91.0 Å². The first kappa shape index (κ1) is 26.1. The van der Waals surface area contributed by atoms with Gasteiger partial charge in [-0.05, 0) is 30.3 Å². The Labute approximate surface area is 232 Å². The van der Waals surface area contributed by atoms with Gasteiger partial charge in [-0.25, -0.2) is 4.98 Å². The van der Waals surface area contributed by atoms with Crippen molar-refractivity contribution in [3.63, 3.8) is 0 Å². The molecule has 0 bridgehead atoms. The van der Waals surface area contributed by atoms with Crippen LogP contribution in [-0.2, 0) is 4.79 Å². The minimum atomic E-state index is -0.213. The molecule has 0 aliphatic carbocycles. The first-order valence-electron chi connectivity index (χ1n) is 13.0. The van der Waals surface area contributed by atoms with Crippen LogP contribution in [0, 0.1) is 22.7 Å². The first-order chi connectivity index (χ1) is 19.6. The van der Waals surface area contributed by atoms with E-state index >= 15 is 0 Å². The highest BCUT2D eigenvalue weighted by Gasteiger charge is 2.24. The number of carbonyl (C=O) groups excluding carboxylic acids is 1. The summed E-state index contributed by atoms with van der Waals surface area (Å²) in [5.74, 6) is -0.213. The van der Waals surface area contributed by atoms with Crippen molar-refractivity contribution >= 4 is 50.7 Å². The maximum Gasteiger partial charge on any atom is 0.241 e. The number of nitrogens with zero attached hydrogens (tertiary/aromatic N) is 5. The lowest BCUT2D eigenvalue weighted by Gasteiger charge is -2.23. The highest BCUT2D eigenvalue weighted by atomic mass is 16.1. The second-order valence-corrected chi connectivity index (χ2v) is 9.32. The lowest BCUT2D eigenvalue weighted by molar-refractivity contribution is -0.538. The van der Waals surface area contributed by atoms with Crippen LogP contribution in [0.1, 0.15) is 19.8 Å². The number of hydrogen-bond acceptors (Lipinski definition) is 6. The van der Waals surface area contributed by atoms with Gasteiger partial charge < -0.3 is 15.5 Å². The first-order valence-corrected chi connectivity index (χ1v) is 13.0. The molecule has 4 aromatic carbocycles. The quantitative estimate of drug-likeness (QED) is 0.180. The fourth-order valence-corrected chi connectivity index (χ4v) is 4.77. The number of carbonyl (C=O) groups is 1. The summed E-state index contributed by atoms with van der Waals surface area (Å²) in [6.07, 6.45) is 0.615. The molecule has 0 radical (unpaired) electrons. The molecule has 2 N–H and O–H groups in total. The van der Waals surface area contributed by atoms with Crippen molar-refractivity contribution in [2.75, 3.05) is 28.6 Å². The minimum absolute atomic E-state index is 0.213. The lowest BCUT2D eigenvalue weighted by Crippen LogP contribution is -2.34. The number of hydrogen-bond donors (Lipinski definition) is 2. The molecule has 8 heteroatoms. The topological polar surface area (TPSA) is 109 Å². The van der Waals surface area contributed by atoms with Gasteiger partial charge in [0.05, 0.1) is 30.7 Å². The molecule has 1 amide bonds. The van der Waals surface area contributed by atoms with Gasteiger partial charge in [-0.3, -0.25) is 4.79 Å². The van der Waals surface area contributed by atoms with Crippen molar-refractivity contribution < 1.29 is 9.36 Å². The molecule has 8 nitrogen and oxygen atoms in total. The lowest BCUT2D eigenvalue weighted by atomic mass is 10.1. The Morgan fingerprint density at radius 3 is 2.17 bits per heavy atom. The van der Waals surface area contributed by atoms with Gasteiger partial charge in [0.25, 0.3) is 0 Å². The van der Waals surface area contributed by atoms with E-state index in [1.165, 1.54) is 6.92 Å². The van der Waals surface area contributed by atoms with Crippen LogP contribution in [0.3, 0.4) is 0 Å². The molecule has 0 fully saturated rings. The van der Waals surface area contributed by atoms with Crippen molar-refractivity contribution in [1.82, 2.24) is 4.98 Å². The van der Waals surface area contributed by atoms with Crippen molar-refractivity contribution in [2.45, 2.75) is 19.8 Å². The number of nitrogens with one attached hydrogen (secondary N) is 2. The van der Waals surface area contributed by atoms with Crippen LogP contribution in [0.5, 0.6) is 0 Å². The highest BCUT2D eigenvalue weighted by Crippen LogP contribution is 2.31. The third-order valence-corrected chi connectivity index (χ3v) is 6.50. The summed E-state index contributed by atoms with van der Waals surface area (Å²) in [7, 11) is 0. The van der Waals surface area contributed by atoms with Crippen molar-refractivity contribution in [3.8, 4) is 17.8 Å². The average molecular weight is 527 g/mol. The summed E-state index contributed by atoms with van der Waals surface area (Å²) in [4.78, 5) is 19.3. The molecule has 0 atom stereocenters.